The van der Waals surface area contributed by atoms with Crippen LogP contribution < -0.4 is 0 Å². The average molecular weight is 228 g/mol. The third-order valence-electron chi connectivity index (χ3n) is 2.10. The fraction of sp³-hybridized carbons (Fsp3) is 1.00. The van der Waals surface area contributed by atoms with Gasteiger partial charge < -0.3 is 9.84 Å². The predicted octanol–water partition coefficient (Wildman–Crippen LogP) is 2.90. The van der Waals surface area contributed by atoms with Gasteiger partial charge >= 0.3 is 6.18 Å². The standard InChI is InChI=1S/C10H19F3O2/c1-2-15-8-6-4-3-5-7-9(14)10(11,12)13/h9,14H,2-8H2,1H3. The van der Waals surface area contributed by atoms with Crippen molar-refractivity contribution in [3.8, 4) is 0 Å². The van der Waals surface area contributed by atoms with E-state index in [0.29, 0.717) is 26.1 Å². The van der Waals surface area contributed by atoms with Crippen LogP contribution in [0.4, 0.5) is 13.2 Å². The van der Waals surface area contributed by atoms with Gasteiger partial charge in [-0.15, -0.1) is 0 Å². The number of aliphatic hydroxyl groups is 1. The Morgan fingerprint density at radius 3 is 2.27 bits per heavy atom. The largest absolute Gasteiger partial charge is 0.414 e. The van der Waals surface area contributed by atoms with E-state index in [1.165, 1.54) is 0 Å². The average Bonchev–Trinajstić information content (AvgIpc) is 2.14. The van der Waals surface area contributed by atoms with Gasteiger partial charge in [-0.05, 0) is 19.8 Å². The summed E-state index contributed by atoms with van der Waals surface area (Å²) in [6, 6.07) is 0. The number of hydrogen-bond acceptors (Lipinski definition) is 2. The molecule has 0 saturated carbocycles. The Bertz CT molecular complexity index is 148. The lowest BCUT2D eigenvalue weighted by molar-refractivity contribution is -0.205. The summed E-state index contributed by atoms with van der Waals surface area (Å²) in [7, 11) is 0. The number of alkyl halides is 3. The minimum atomic E-state index is -4.47. The summed E-state index contributed by atoms with van der Waals surface area (Å²) in [5, 5.41) is 8.68. The van der Waals surface area contributed by atoms with E-state index >= 15 is 0 Å². The molecule has 0 fully saturated rings. The first-order chi connectivity index (χ1) is 6.98. The van der Waals surface area contributed by atoms with Crippen molar-refractivity contribution in [3.05, 3.63) is 0 Å². The van der Waals surface area contributed by atoms with Gasteiger partial charge in [0, 0.05) is 13.2 Å². The van der Waals surface area contributed by atoms with Crippen LogP contribution in [-0.2, 0) is 4.74 Å². The summed E-state index contributed by atoms with van der Waals surface area (Å²) < 4.78 is 40.7. The summed E-state index contributed by atoms with van der Waals surface area (Å²) in [5.74, 6) is 0. The number of hydrogen-bond donors (Lipinski definition) is 1. The van der Waals surface area contributed by atoms with Gasteiger partial charge in [0.1, 0.15) is 6.10 Å². The zero-order chi connectivity index (χ0) is 11.7. The maximum absolute atomic E-state index is 11.9. The van der Waals surface area contributed by atoms with E-state index in [1.54, 1.807) is 0 Å². The van der Waals surface area contributed by atoms with Crippen molar-refractivity contribution in [1.29, 1.82) is 0 Å². The van der Waals surface area contributed by atoms with E-state index in [0.717, 1.165) is 12.8 Å². The summed E-state index contributed by atoms with van der Waals surface area (Å²) in [6.07, 6.45) is -3.99. The maximum atomic E-state index is 11.9. The molecule has 0 aromatic rings. The van der Waals surface area contributed by atoms with Crippen molar-refractivity contribution < 1.29 is 23.0 Å². The van der Waals surface area contributed by atoms with Gasteiger partial charge in [-0.3, -0.25) is 0 Å². The zero-order valence-electron chi connectivity index (χ0n) is 9.02. The summed E-state index contributed by atoms with van der Waals surface area (Å²) in [6.45, 7) is 3.24. The monoisotopic (exact) mass is 228 g/mol. The van der Waals surface area contributed by atoms with Crippen molar-refractivity contribution in [3.63, 3.8) is 0 Å². The van der Waals surface area contributed by atoms with E-state index in [2.05, 4.69) is 0 Å². The lowest BCUT2D eigenvalue weighted by Crippen LogP contribution is -2.28. The molecule has 1 atom stereocenters. The van der Waals surface area contributed by atoms with Crippen molar-refractivity contribution in [1.82, 2.24) is 0 Å². The molecule has 2 nitrogen and oxygen atoms in total. The van der Waals surface area contributed by atoms with Gasteiger partial charge in [-0.25, -0.2) is 0 Å². The minimum absolute atomic E-state index is 0.196. The van der Waals surface area contributed by atoms with E-state index in [9.17, 15) is 13.2 Å². The highest BCUT2D eigenvalue weighted by Gasteiger charge is 2.37. The Labute approximate surface area is 88.4 Å². The van der Waals surface area contributed by atoms with Gasteiger partial charge in [0.05, 0.1) is 0 Å². The van der Waals surface area contributed by atoms with Gasteiger partial charge in [0.15, 0.2) is 0 Å². The van der Waals surface area contributed by atoms with Crippen LogP contribution in [-0.4, -0.2) is 30.6 Å². The Hall–Kier alpha value is -0.290. The van der Waals surface area contributed by atoms with Crippen LogP contribution in [0.25, 0.3) is 0 Å². The molecule has 0 aromatic heterocycles. The van der Waals surface area contributed by atoms with E-state index < -0.39 is 12.3 Å². The normalized spacial score (nSPS) is 14.2. The van der Waals surface area contributed by atoms with Crippen molar-refractivity contribution in [2.45, 2.75) is 51.3 Å². The van der Waals surface area contributed by atoms with Crippen LogP contribution in [0.3, 0.4) is 0 Å². The van der Waals surface area contributed by atoms with Crippen molar-refractivity contribution >= 4 is 0 Å². The molecule has 0 bridgehead atoms. The van der Waals surface area contributed by atoms with Gasteiger partial charge in [-0.1, -0.05) is 19.3 Å². The Balaban J connectivity index is 3.24. The second-order valence-corrected chi connectivity index (χ2v) is 3.46. The number of rotatable bonds is 8. The van der Waals surface area contributed by atoms with Crippen LogP contribution in [0.1, 0.15) is 39.0 Å². The highest BCUT2D eigenvalue weighted by molar-refractivity contribution is 4.64. The minimum Gasteiger partial charge on any atom is -0.384 e. The molecule has 5 heteroatoms. The van der Waals surface area contributed by atoms with Crippen LogP contribution >= 0.6 is 0 Å². The number of unbranched alkanes of at least 4 members (excludes halogenated alkanes) is 3. The first-order valence-corrected chi connectivity index (χ1v) is 5.31. The first kappa shape index (κ1) is 14.7. The van der Waals surface area contributed by atoms with Crippen molar-refractivity contribution in [2.24, 2.45) is 0 Å². The first-order valence-electron chi connectivity index (χ1n) is 5.31. The topological polar surface area (TPSA) is 29.5 Å². The molecule has 0 saturated heterocycles. The Morgan fingerprint density at radius 1 is 1.13 bits per heavy atom. The zero-order valence-corrected chi connectivity index (χ0v) is 9.02. The highest BCUT2D eigenvalue weighted by Crippen LogP contribution is 2.23. The molecule has 0 spiro atoms. The maximum Gasteiger partial charge on any atom is 0.414 e. The van der Waals surface area contributed by atoms with Crippen LogP contribution in [0.2, 0.25) is 0 Å². The molecule has 0 aliphatic carbocycles. The summed E-state index contributed by atoms with van der Waals surface area (Å²) >= 11 is 0. The smallest absolute Gasteiger partial charge is 0.384 e. The third-order valence-corrected chi connectivity index (χ3v) is 2.10. The molecule has 1 N–H and O–H groups in total. The second-order valence-electron chi connectivity index (χ2n) is 3.46. The number of halogens is 3. The number of aliphatic hydroxyl groups excluding tert-OH is 1. The predicted molar refractivity (Wildman–Crippen MR) is 51.6 cm³/mol. The van der Waals surface area contributed by atoms with Crippen LogP contribution in [0, 0.1) is 0 Å². The highest BCUT2D eigenvalue weighted by atomic mass is 19.4. The molecular formula is C10H19F3O2. The van der Waals surface area contributed by atoms with Gasteiger partial charge in [-0.2, -0.15) is 13.2 Å². The molecule has 0 amide bonds. The van der Waals surface area contributed by atoms with Gasteiger partial charge in [0.2, 0.25) is 0 Å². The molecule has 92 valence electrons. The third kappa shape index (κ3) is 8.69. The quantitative estimate of drug-likeness (QED) is 0.647. The Morgan fingerprint density at radius 2 is 1.73 bits per heavy atom. The second kappa shape index (κ2) is 7.93. The SMILES string of the molecule is CCOCCCCCCC(O)C(F)(F)F. The molecule has 15 heavy (non-hydrogen) atoms. The Kier molecular flexibility index (Phi) is 7.78. The number of ether oxygens (including phenoxy) is 1. The molecule has 0 radical (unpaired) electrons. The van der Waals surface area contributed by atoms with E-state index in [-0.39, 0.29) is 6.42 Å². The molecule has 1 unspecified atom stereocenters. The molecule has 0 heterocycles. The lowest BCUT2D eigenvalue weighted by Gasteiger charge is -2.13. The summed E-state index contributed by atoms with van der Waals surface area (Å²) in [5.41, 5.74) is 0. The van der Waals surface area contributed by atoms with E-state index in [4.69, 9.17) is 9.84 Å². The molecule has 0 aromatic carbocycles. The molecule has 0 aliphatic rings. The van der Waals surface area contributed by atoms with Crippen molar-refractivity contribution in [2.75, 3.05) is 13.2 Å². The van der Waals surface area contributed by atoms with Crippen LogP contribution in [0.5, 0.6) is 0 Å². The fourth-order valence-electron chi connectivity index (χ4n) is 1.20. The molecule has 0 rings (SSSR count). The molecular weight excluding hydrogens is 209 g/mol. The molecule has 0 aliphatic heterocycles. The fourth-order valence-corrected chi connectivity index (χ4v) is 1.20. The van der Waals surface area contributed by atoms with Crippen LogP contribution in [0.15, 0.2) is 0 Å². The lowest BCUT2D eigenvalue weighted by atomic mass is 10.1. The van der Waals surface area contributed by atoms with Gasteiger partial charge in [0.25, 0.3) is 0 Å². The van der Waals surface area contributed by atoms with E-state index in [1.807, 2.05) is 6.92 Å². The summed E-state index contributed by atoms with van der Waals surface area (Å²) in [4.78, 5) is 0.